The second kappa shape index (κ2) is 10.7. The second-order valence-electron chi connectivity index (χ2n) is 7.83. The molecule has 2 aliphatic rings. The van der Waals surface area contributed by atoms with Crippen molar-refractivity contribution in [2.24, 2.45) is 0 Å². The van der Waals surface area contributed by atoms with Gasteiger partial charge in [0.2, 0.25) is 5.91 Å². The molecule has 0 saturated carbocycles. The fraction of sp³-hybridized carbons (Fsp3) is 0.375. The number of thioether (sulfide) groups is 1. The third kappa shape index (κ3) is 5.31. The molecule has 1 unspecified atom stereocenters. The van der Waals surface area contributed by atoms with E-state index in [9.17, 15) is 14.4 Å². The topological polar surface area (TPSA) is 105 Å². The van der Waals surface area contributed by atoms with Gasteiger partial charge in [0.15, 0.2) is 0 Å². The molecule has 1 fully saturated rings. The number of hydrogen-bond acceptors (Lipinski definition) is 6. The molecule has 0 aromatic heterocycles. The first-order chi connectivity index (χ1) is 16.1. The van der Waals surface area contributed by atoms with Crippen LogP contribution in [-0.4, -0.2) is 72.0 Å². The standard InChI is InChI=1S/C24H26N2O6S/c27-22(26-15-33-14-21(26)23(28)29)9-11-31-12-10-25-24(30)32-13-20-18-7-3-1-5-16(18)17-6-2-4-8-19(17)20/h1-8,20-21H,9-15H2,(H,25,30)(H,28,29). The van der Waals surface area contributed by atoms with Gasteiger partial charge in [-0.25, -0.2) is 9.59 Å². The molecule has 33 heavy (non-hydrogen) atoms. The van der Waals surface area contributed by atoms with Crippen molar-refractivity contribution in [3.63, 3.8) is 0 Å². The summed E-state index contributed by atoms with van der Waals surface area (Å²) in [7, 11) is 0. The number of carboxylic acid groups (broad SMARTS) is 1. The highest BCUT2D eigenvalue weighted by molar-refractivity contribution is 7.99. The molecule has 2 aromatic carbocycles. The number of ether oxygens (including phenoxy) is 2. The largest absolute Gasteiger partial charge is 0.480 e. The predicted octanol–water partition coefficient (Wildman–Crippen LogP) is 2.92. The zero-order valence-electron chi connectivity index (χ0n) is 18.1. The van der Waals surface area contributed by atoms with Gasteiger partial charge >= 0.3 is 12.1 Å². The molecule has 8 nitrogen and oxygen atoms in total. The van der Waals surface area contributed by atoms with E-state index >= 15 is 0 Å². The van der Waals surface area contributed by atoms with Crippen molar-refractivity contribution in [2.75, 3.05) is 38.0 Å². The molecule has 2 amide bonds. The lowest BCUT2D eigenvalue weighted by Crippen LogP contribution is -2.42. The lowest BCUT2D eigenvalue weighted by molar-refractivity contribution is -0.148. The van der Waals surface area contributed by atoms with Crippen molar-refractivity contribution in [3.05, 3.63) is 59.7 Å². The van der Waals surface area contributed by atoms with Crippen LogP contribution in [0, 0.1) is 0 Å². The monoisotopic (exact) mass is 470 g/mol. The summed E-state index contributed by atoms with van der Waals surface area (Å²) in [5.74, 6) is -0.423. The lowest BCUT2D eigenvalue weighted by atomic mass is 9.98. The fourth-order valence-electron chi connectivity index (χ4n) is 4.17. The summed E-state index contributed by atoms with van der Waals surface area (Å²) in [6.07, 6.45) is -0.412. The zero-order chi connectivity index (χ0) is 23.2. The number of carbonyl (C=O) groups is 3. The molecule has 1 saturated heterocycles. The highest BCUT2D eigenvalue weighted by Crippen LogP contribution is 2.44. The van der Waals surface area contributed by atoms with Crippen molar-refractivity contribution in [2.45, 2.75) is 18.4 Å². The molecule has 0 radical (unpaired) electrons. The van der Waals surface area contributed by atoms with Gasteiger partial charge in [-0.2, -0.15) is 0 Å². The number of aliphatic carboxylic acids is 1. The summed E-state index contributed by atoms with van der Waals surface area (Å²) in [6, 6.07) is 15.5. The van der Waals surface area contributed by atoms with Crippen molar-refractivity contribution >= 4 is 29.7 Å². The Kier molecular flexibility index (Phi) is 7.51. The van der Waals surface area contributed by atoms with Gasteiger partial charge in [0.25, 0.3) is 0 Å². The first-order valence-corrected chi connectivity index (χ1v) is 12.0. The Bertz CT molecular complexity index is 984. The summed E-state index contributed by atoms with van der Waals surface area (Å²) in [5, 5.41) is 11.8. The van der Waals surface area contributed by atoms with Gasteiger partial charge in [0, 0.05) is 18.2 Å². The van der Waals surface area contributed by atoms with Gasteiger partial charge in [0.05, 0.1) is 25.5 Å². The summed E-state index contributed by atoms with van der Waals surface area (Å²) < 4.78 is 10.9. The van der Waals surface area contributed by atoms with E-state index < -0.39 is 18.1 Å². The number of hydrogen-bond donors (Lipinski definition) is 2. The summed E-state index contributed by atoms with van der Waals surface area (Å²) in [4.78, 5) is 36.8. The summed E-state index contributed by atoms with van der Waals surface area (Å²) >= 11 is 1.43. The minimum absolute atomic E-state index is 0.00351. The van der Waals surface area contributed by atoms with Gasteiger partial charge in [-0.05, 0) is 22.3 Å². The lowest BCUT2D eigenvalue weighted by Gasteiger charge is -2.20. The quantitative estimate of drug-likeness (QED) is 0.543. The second-order valence-corrected chi connectivity index (χ2v) is 8.83. The Morgan fingerprint density at radius 2 is 1.70 bits per heavy atom. The van der Waals surface area contributed by atoms with E-state index in [1.54, 1.807) is 0 Å². The van der Waals surface area contributed by atoms with Crippen LogP contribution in [0.2, 0.25) is 0 Å². The Morgan fingerprint density at radius 3 is 2.36 bits per heavy atom. The molecular formula is C24H26N2O6S. The number of fused-ring (bicyclic) bond motifs is 3. The minimum atomic E-state index is -0.985. The number of rotatable bonds is 9. The van der Waals surface area contributed by atoms with Crippen LogP contribution in [0.3, 0.4) is 0 Å². The molecule has 1 aliphatic heterocycles. The van der Waals surface area contributed by atoms with Crippen molar-refractivity contribution < 1.29 is 29.0 Å². The van der Waals surface area contributed by atoms with Gasteiger partial charge in [-0.1, -0.05) is 48.5 Å². The third-order valence-corrected chi connectivity index (χ3v) is 6.82. The summed E-state index contributed by atoms with van der Waals surface area (Å²) in [6.45, 7) is 0.892. The molecule has 0 spiro atoms. The average Bonchev–Trinajstić information content (AvgIpc) is 3.43. The van der Waals surface area contributed by atoms with E-state index in [1.165, 1.54) is 27.8 Å². The van der Waals surface area contributed by atoms with Crippen LogP contribution in [0.15, 0.2) is 48.5 Å². The van der Waals surface area contributed by atoms with Crippen LogP contribution < -0.4 is 5.32 Å². The third-order valence-electron chi connectivity index (χ3n) is 5.81. The number of carboxylic acids is 1. The number of nitrogens with zero attached hydrogens (tertiary/aromatic N) is 1. The van der Waals surface area contributed by atoms with Gasteiger partial charge in [-0.15, -0.1) is 11.8 Å². The molecular weight excluding hydrogens is 444 g/mol. The maximum Gasteiger partial charge on any atom is 0.407 e. The first kappa shape index (κ1) is 23.1. The molecule has 4 rings (SSSR count). The highest BCUT2D eigenvalue weighted by atomic mass is 32.2. The fourth-order valence-corrected chi connectivity index (χ4v) is 5.34. The smallest absolute Gasteiger partial charge is 0.407 e. The van der Waals surface area contributed by atoms with Gasteiger partial charge in [-0.3, -0.25) is 4.79 Å². The molecule has 2 N–H and O–H groups in total. The molecule has 0 bridgehead atoms. The SMILES string of the molecule is O=C(NCCOCCC(=O)N1CSCC1C(=O)O)OCC1c2ccccc2-c2ccccc21. The number of alkyl carbamates (subject to hydrolysis) is 1. The van der Waals surface area contributed by atoms with Crippen LogP contribution >= 0.6 is 11.8 Å². The van der Waals surface area contributed by atoms with E-state index in [0.29, 0.717) is 11.6 Å². The molecule has 1 heterocycles. The number of nitrogens with one attached hydrogen (secondary N) is 1. The van der Waals surface area contributed by atoms with Crippen LogP contribution in [0.1, 0.15) is 23.5 Å². The average molecular weight is 471 g/mol. The number of carbonyl (C=O) groups excluding carboxylic acids is 2. The maximum atomic E-state index is 12.2. The van der Waals surface area contributed by atoms with Gasteiger partial charge in [0.1, 0.15) is 12.6 Å². The Morgan fingerprint density at radius 1 is 1.03 bits per heavy atom. The molecule has 174 valence electrons. The van der Waals surface area contributed by atoms with Crippen LogP contribution in [0.4, 0.5) is 4.79 Å². The van der Waals surface area contributed by atoms with Crippen LogP contribution in [0.5, 0.6) is 0 Å². The van der Waals surface area contributed by atoms with Crippen molar-refractivity contribution in [1.29, 1.82) is 0 Å². The van der Waals surface area contributed by atoms with Crippen LogP contribution in [-0.2, 0) is 19.1 Å². The van der Waals surface area contributed by atoms with E-state index in [1.807, 2.05) is 24.3 Å². The minimum Gasteiger partial charge on any atom is -0.480 e. The Hall–Kier alpha value is -3.04. The number of benzene rings is 2. The van der Waals surface area contributed by atoms with Crippen molar-refractivity contribution in [1.82, 2.24) is 10.2 Å². The first-order valence-electron chi connectivity index (χ1n) is 10.8. The molecule has 2 aromatic rings. The predicted molar refractivity (Wildman–Crippen MR) is 124 cm³/mol. The zero-order valence-corrected chi connectivity index (χ0v) is 18.9. The number of amides is 2. The van der Waals surface area contributed by atoms with Gasteiger partial charge < -0.3 is 24.8 Å². The van der Waals surface area contributed by atoms with E-state index in [0.717, 1.165) is 11.1 Å². The highest BCUT2D eigenvalue weighted by Gasteiger charge is 2.34. The van der Waals surface area contributed by atoms with E-state index in [2.05, 4.69) is 29.6 Å². The van der Waals surface area contributed by atoms with Crippen LogP contribution in [0.25, 0.3) is 11.1 Å². The van der Waals surface area contributed by atoms with Crippen molar-refractivity contribution in [3.8, 4) is 11.1 Å². The van der Waals surface area contributed by atoms with E-state index in [-0.39, 0.29) is 44.6 Å². The molecule has 1 atom stereocenters. The normalized spacial score (nSPS) is 16.8. The maximum absolute atomic E-state index is 12.2. The van der Waals surface area contributed by atoms with E-state index in [4.69, 9.17) is 14.6 Å². The molecule has 1 aliphatic carbocycles. The Labute approximate surface area is 196 Å². The Balaban J connectivity index is 1.15. The summed E-state index contributed by atoms with van der Waals surface area (Å²) in [5.41, 5.74) is 4.65. The molecule has 9 heteroatoms.